The van der Waals surface area contributed by atoms with E-state index in [0.717, 1.165) is 6.42 Å². The van der Waals surface area contributed by atoms with Crippen molar-refractivity contribution in [2.45, 2.75) is 24.8 Å². The van der Waals surface area contributed by atoms with Crippen LogP contribution < -0.4 is 9.47 Å². The van der Waals surface area contributed by atoms with Crippen LogP contribution in [-0.4, -0.2) is 12.9 Å². The van der Waals surface area contributed by atoms with Crippen molar-refractivity contribution in [2.24, 2.45) is 4.99 Å². The van der Waals surface area contributed by atoms with Gasteiger partial charge >= 0.3 is 0 Å². The zero-order chi connectivity index (χ0) is 11.9. The molecule has 0 unspecified atom stereocenters. The maximum atomic E-state index is 14.2. The third-order valence-corrected chi connectivity index (χ3v) is 3.42. The second kappa shape index (κ2) is 3.57. The van der Waals surface area contributed by atoms with Crippen LogP contribution in [0.5, 0.6) is 11.5 Å². The molecule has 0 N–H and O–H groups in total. The molecule has 1 fully saturated rings. The molecule has 2 aliphatic rings. The molecule has 1 saturated carbocycles. The number of nitrogens with zero attached hydrogens (tertiary/aromatic N) is 1. The summed E-state index contributed by atoms with van der Waals surface area (Å²) in [6, 6.07) is 3.27. The molecule has 0 spiro atoms. The second-order valence-electron chi connectivity index (χ2n) is 4.25. The van der Waals surface area contributed by atoms with Crippen molar-refractivity contribution in [1.82, 2.24) is 0 Å². The summed E-state index contributed by atoms with van der Waals surface area (Å²) in [5.74, 6) is 0.0457. The quantitative estimate of drug-likeness (QED) is 0.583. The van der Waals surface area contributed by atoms with Crippen LogP contribution in [-0.2, 0) is 10.3 Å². The Bertz CT molecular complexity index is 519. The van der Waals surface area contributed by atoms with Gasteiger partial charge in [-0.3, -0.25) is 0 Å². The van der Waals surface area contributed by atoms with E-state index in [9.17, 15) is 9.18 Å². The molecule has 0 radical (unpaired) electrons. The highest BCUT2D eigenvalue weighted by atomic mass is 19.1. The molecule has 1 heterocycles. The molecule has 0 amide bonds. The first-order valence-corrected chi connectivity index (χ1v) is 5.44. The lowest BCUT2D eigenvalue weighted by atomic mass is 9.72. The zero-order valence-corrected chi connectivity index (χ0v) is 9.03. The second-order valence-corrected chi connectivity index (χ2v) is 4.25. The molecule has 0 saturated heterocycles. The molecule has 5 heteroatoms. The van der Waals surface area contributed by atoms with Crippen LogP contribution in [0.15, 0.2) is 17.1 Å². The van der Waals surface area contributed by atoms with Gasteiger partial charge in [0.05, 0.1) is 0 Å². The Balaban J connectivity index is 2.12. The first-order valence-electron chi connectivity index (χ1n) is 5.44. The van der Waals surface area contributed by atoms with Crippen molar-refractivity contribution in [3.63, 3.8) is 0 Å². The summed E-state index contributed by atoms with van der Waals surface area (Å²) in [5.41, 5.74) is -0.344. The molecule has 0 aromatic heterocycles. The molecule has 1 aliphatic carbocycles. The molecule has 1 aromatic rings. The first kappa shape index (κ1) is 10.3. The minimum atomic E-state index is -0.743. The highest BCUT2D eigenvalue weighted by Crippen LogP contribution is 2.49. The third-order valence-electron chi connectivity index (χ3n) is 3.42. The normalized spacial score (nSPS) is 19.4. The Morgan fingerprint density at radius 1 is 1.35 bits per heavy atom. The molecule has 0 bridgehead atoms. The molecule has 3 rings (SSSR count). The largest absolute Gasteiger partial charge is 0.453 e. The maximum Gasteiger partial charge on any atom is 0.235 e. The van der Waals surface area contributed by atoms with Crippen LogP contribution in [0.2, 0.25) is 0 Å². The Hall–Kier alpha value is -1.87. The molecular weight excluding hydrogens is 225 g/mol. The predicted octanol–water partition coefficient (Wildman–Crippen LogP) is 2.27. The summed E-state index contributed by atoms with van der Waals surface area (Å²) in [4.78, 5) is 14.2. The van der Waals surface area contributed by atoms with E-state index in [0.29, 0.717) is 24.2 Å². The van der Waals surface area contributed by atoms with Gasteiger partial charge in [-0.15, -0.1) is 0 Å². The summed E-state index contributed by atoms with van der Waals surface area (Å²) in [6.07, 6.45) is 3.80. The van der Waals surface area contributed by atoms with Gasteiger partial charge in [-0.25, -0.2) is 9.18 Å². The van der Waals surface area contributed by atoms with Crippen molar-refractivity contribution in [2.75, 3.05) is 6.79 Å². The summed E-state index contributed by atoms with van der Waals surface area (Å²) in [7, 11) is 0. The number of ether oxygens (including phenoxy) is 2. The Kier molecular flexibility index (Phi) is 2.16. The third kappa shape index (κ3) is 1.36. The SMILES string of the molecule is O=C=NC1(c2ccc3c(c2F)OCO3)CCC1. The number of halogens is 1. The van der Waals surface area contributed by atoms with Gasteiger partial charge in [0, 0.05) is 5.56 Å². The Labute approximate surface area is 97.1 Å². The van der Waals surface area contributed by atoms with Crippen LogP contribution in [0.4, 0.5) is 4.39 Å². The van der Waals surface area contributed by atoms with Crippen molar-refractivity contribution in [3.8, 4) is 11.5 Å². The zero-order valence-electron chi connectivity index (χ0n) is 9.03. The number of hydrogen-bond donors (Lipinski definition) is 0. The van der Waals surface area contributed by atoms with Crippen molar-refractivity contribution >= 4 is 6.08 Å². The standard InChI is InChI=1S/C12H10FNO3/c13-10-8(12(14-6-15)4-1-5-12)2-3-9-11(10)17-7-16-9/h2-3H,1,4-5,7H2. The van der Waals surface area contributed by atoms with Gasteiger partial charge in [-0.05, 0) is 31.4 Å². The van der Waals surface area contributed by atoms with E-state index < -0.39 is 11.4 Å². The lowest BCUT2D eigenvalue weighted by molar-refractivity contribution is 0.170. The van der Waals surface area contributed by atoms with E-state index >= 15 is 0 Å². The van der Waals surface area contributed by atoms with Gasteiger partial charge in [0.1, 0.15) is 5.54 Å². The maximum absolute atomic E-state index is 14.2. The van der Waals surface area contributed by atoms with Crippen molar-refractivity contribution in [1.29, 1.82) is 0 Å². The average Bonchev–Trinajstić information content (AvgIpc) is 2.74. The van der Waals surface area contributed by atoms with Crippen LogP contribution >= 0.6 is 0 Å². The number of benzene rings is 1. The molecular formula is C12H10FNO3. The Morgan fingerprint density at radius 2 is 2.18 bits per heavy atom. The molecule has 4 nitrogen and oxygen atoms in total. The fourth-order valence-electron chi connectivity index (χ4n) is 2.34. The van der Waals surface area contributed by atoms with Gasteiger partial charge in [-0.1, -0.05) is 0 Å². The summed E-state index contributed by atoms with van der Waals surface area (Å²) in [6.45, 7) is 0.0274. The first-order chi connectivity index (χ1) is 8.27. The fourth-order valence-corrected chi connectivity index (χ4v) is 2.34. The van der Waals surface area contributed by atoms with Gasteiger partial charge in [0.15, 0.2) is 11.6 Å². The van der Waals surface area contributed by atoms with E-state index in [2.05, 4.69) is 4.99 Å². The number of carbonyl (C=O) groups excluding carboxylic acids is 1. The number of isocyanates is 1. The molecule has 0 atom stereocenters. The minimum absolute atomic E-state index is 0.0274. The monoisotopic (exact) mass is 235 g/mol. The van der Waals surface area contributed by atoms with Crippen LogP contribution in [0.25, 0.3) is 0 Å². The molecule has 17 heavy (non-hydrogen) atoms. The van der Waals surface area contributed by atoms with E-state index in [1.807, 2.05) is 0 Å². The number of hydrogen-bond acceptors (Lipinski definition) is 4. The minimum Gasteiger partial charge on any atom is -0.453 e. The van der Waals surface area contributed by atoms with Crippen LogP contribution in [0.1, 0.15) is 24.8 Å². The van der Waals surface area contributed by atoms with E-state index in [1.165, 1.54) is 0 Å². The fraction of sp³-hybridized carbons (Fsp3) is 0.417. The predicted molar refractivity (Wildman–Crippen MR) is 56.2 cm³/mol. The van der Waals surface area contributed by atoms with E-state index in [-0.39, 0.29) is 12.5 Å². The number of rotatable bonds is 2. The summed E-state index contributed by atoms with van der Waals surface area (Å²) >= 11 is 0. The van der Waals surface area contributed by atoms with Gasteiger partial charge in [0.25, 0.3) is 0 Å². The lowest BCUT2D eigenvalue weighted by Crippen LogP contribution is -2.32. The molecule has 1 aromatic carbocycles. The number of aliphatic imine (C=N–C) groups is 1. The van der Waals surface area contributed by atoms with E-state index in [1.54, 1.807) is 18.2 Å². The van der Waals surface area contributed by atoms with Gasteiger partial charge < -0.3 is 9.47 Å². The molecule has 88 valence electrons. The van der Waals surface area contributed by atoms with Crippen LogP contribution in [0.3, 0.4) is 0 Å². The van der Waals surface area contributed by atoms with Crippen LogP contribution in [0, 0.1) is 5.82 Å². The highest BCUT2D eigenvalue weighted by Gasteiger charge is 2.42. The average molecular weight is 235 g/mol. The van der Waals surface area contributed by atoms with E-state index in [4.69, 9.17) is 9.47 Å². The smallest absolute Gasteiger partial charge is 0.235 e. The summed E-state index contributed by atoms with van der Waals surface area (Å²) < 4.78 is 24.4. The molecule has 1 aliphatic heterocycles. The summed E-state index contributed by atoms with van der Waals surface area (Å²) in [5, 5.41) is 0. The van der Waals surface area contributed by atoms with Gasteiger partial charge in [-0.2, -0.15) is 4.99 Å². The van der Waals surface area contributed by atoms with Gasteiger partial charge in [0.2, 0.25) is 18.6 Å². The van der Waals surface area contributed by atoms with Crippen molar-refractivity contribution < 1.29 is 18.7 Å². The topological polar surface area (TPSA) is 47.9 Å². The van der Waals surface area contributed by atoms with Crippen molar-refractivity contribution in [3.05, 3.63) is 23.5 Å². The number of fused-ring (bicyclic) bond motifs is 1. The Morgan fingerprint density at radius 3 is 2.82 bits per heavy atom. The lowest BCUT2D eigenvalue weighted by Gasteiger charge is -2.37. The highest BCUT2D eigenvalue weighted by molar-refractivity contribution is 5.50.